The number of ether oxygens (including phenoxy) is 1. The fourth-order valence-electron chi connectivity index (χ4n) is 4.00. The summed E-state index contributed by atoms with van der Waals surface area (Å²) in [6.45, 7) is 0.481. The maximum absolute atomic E-state index is 12.6. The van der Waals surface area contributed by atoms with Gasteiger partial charge in [0, 0.05) is 18.5 Å². The molecule has 2 atom stereocenters. The molecule has 4 aromatic rings. The van der Waals surface area contributed by atoms with Crippen LogP contribution in [0, 0.1) is 0 Å². The van der Waals surface area contributed by atoms with E-state index in [-0.39, 0.29) is 5.91 Å². The first-order valence-electron chi connectivity index (χ1n) is 11.0. The van der Waals surface area contributed by atoms with Crippen LogP contribution >= 0.6 is 0 Å². The molecule has 4 aromatic carbocycles. The molecule has 33 heavy (non-hydrogen) atoms. The van der Waals surface area contributed by atoms with Crippen LogP contribution in [0.1, 0.15) is 44.6 Å². The van der Waals surface area contributed by atoms with Gasteiger partial charge in [-0.2, -0.15) is 0 Å². The van der Waals surface area contributed by atoms with Crippen LogP contribution < -0.4 is 10.1 Å². The van der Waals surface area contributed by atoms with Gasteiger partial charge in [0.25, 0.3) is 5.91 Å². The largest absolute Gasteiger partial charge is 0.489 e. The van der Waals surface area contributed by atoms with Crippen molar-refractivity contribution in [1.82, 2.24) is 5.32 Å². The molecular formula is C29H27NO3. The second kappa shape index (κ2) is 10.6. The van der Waals surface area contributed by atoms with E-state index in [1.807, 2.05) is 103 Å². The molecule has 0 radical (unpaired) electrons. The summed E-state index contributed by atoms with van der Waals surface area (Å²) in [4.78, 5) is 12.6. The zero-order chi connectivity index (χ0) is 23.0. The number of carbonyl (C=O) groups is 1. The van der Waals surface area contributed by atoms with Gasteiger partial charge in [0.2, 0.25) is 0 Å². The number of aliphatic hydroxyl groups is 1. The number of rotatable bonds is 8. The summed E-state index contributed by atoms with van der Waals surface area (Å²) in [6, 6.07) is 34.7. The minimum atomic E-state index is -0.846. The van der Waals surface area contributed by atoms with Crippen LogP contribution in [0.25, 0.3) is 0 Å². The number of benzene rings is 4. The average molecular weight is 438 g/mol. The van der Waals surface area contributed by atoms with Crippen molar-refractivity contribution in [2.24, 2.45) is 0 Å². The van der Waals surface area contributed by atoms with E-state index in [0.717, 1.165) is 28.0 Å². The molecule has 2 N–H and O–H groups in total. The Labute approximate surface area is 194 Å². The van der Waals surface area contributed by atoms with E-state index in [0.29, 0.717) is 12.2 Å². The molecule has 0 aliphatic carbocycles. The third kappa shape index (κ3) is 5.30. The predicted octanol–water partition coefficient (Wildman–Crippen LogP) is 5.49. The Balaban J connectivity index is 1.63. The van der Waals surface area contributed by atoms with Crippen molar-refractivity contribution >= 4 is 5.91 Å². The zero-order valence-corrected chi connectivity index (χ0v) is 18.5. The van der Waals surface area contributed by atoms with E-state index in [1.165, 1.54) is 0 Å². The smallest absolute Gasteiger partial charge is 0.251 e. The van der Waals surface area contributed by atoms with E-state index >= 15 is 0 Å². The Morgan fingerprint density at radius 3 is 2.06 bits per heavy atom. The molecule has 0 aliphatic heterocycles. The Bertz CT molecular complexity index is 1170. The van der Waals surface area contributed by atoms with Crippen LogP contribution in [0.15, 0.2) is 109 Å². The SMILES string of the molecule is CNC(=O)c1ccccc1[C@@H](c1ccccc1)[C@H](O)c1ccc(OCc2ccccc2)cc1. The third-order valence-corrected chi connectivity index (χ3v) is 5.71. The Kier molecular flexibility index (Phi) is 7.18. The van der Waals surface area contributed by atoms with Gasteiger partial charge >= 0.3 is 0 Å². The molecule has 0 saturated heterocycles. The summed E-state index contributed by atoms with van der Waals surface area (Å²) >= 11 is 0. The highest BCUT2D eigenvalue weighted by Gasteiger charge is 2.28. The lowest BCUT2D eigenvalue weighted by Crippen LogP contribution is -2.22. The lowest BCUT2D eigenvalue weighted by Gasteiger charge is -2.26. The first-order valence-corrected chi connectivity index (χ1v) is 11.0. The fraction of sp³-hybridized carbons (Fsp3) is 0.138. The lowest BCUT2D eigenvalue weighted by atomic mass is 9.81. The lowest BCUT2D eigenvalue weighted by molar-refractivity contribution is 0.0960. The minimum Gasteiger partial charge on any atom is -0.489 e. The Morgan fingerprint density at radius 2 is 1.39 bits per heavy atom. The van der Waals surface area contributed by atoms with Crippen molar-refractivity contribution in [1.29, 1.82) is 0 Å². The highest BCUT2D eigenvalue weighted by molar-refractivity contribution is 5.95. The number of nitrogens with one attached hydrogen (secondary N) is 1. The number of hydrogen-bond donors (Lipinski definition) is 2. The molecule has 0 saturated carbocycles. The molecule has 0 heterocycles. The molecular weight excluding hydrogens is 410 g/mol. The molecule has 0 aliphatic rings. The monoisotopic (exact) mass is 437 g/mol. The summed E-state index contributed by atoms with van der Waals surface area (Å²) in [5, 5.41) is 14.2. The standard InChI is InChI=1S/C29H27NO3/c1-30-29(32)26-15-9-8-14-25(26)27(22-12-6-3-7-13-22)28(31)23-16-18-24(19-17-23)33-20-21-10-4-2-5-11-21/h2-19,27-28,31H,20H2,1H3,(H,30,32)/t27-,28-/m1/s1. The van der Waals surface area contributed by atoms with Crippen LogP contribution in [-0.4, -0.2) is 18.1 Å². The van der Waals surface area contributed by atoms with Crippen LogP contribution in [0.3, 0.4) is 0 Å². The first-order chi connectivity index (χ1) is 16.2. The van der Waals surface area contributed by atoms with Gasteiger partial charge in [0.1, 0.15) is 12.4 Å². The summed E-state index contributed by atoms with van der Waals surface area (Å²) in [5.74, 6) is 0.149. The van der Waals surface area contributed by atoms with Crippen LogP contribution in [0.5, 0.6) is 5.75 Å². The van der Waals surface area contributed by atoms with Crippen molar-refractivity contribution in [3.05, 3.63) is 137 Å². The molecule has 166 valence electrons. The molecule has 0 aromatic heterocycles. The molecule has 0 bridgehead atoms. The van der Waals surface area contributed by atoms with Gasteiger partial charge in [0.15, 0.2) is 0 Å². The molecule has 1 amide bonds. The second-order valence-electron chi connectivity index (χ2n) is 7.84. The normalized spacial score (nSPS) is 12.5. The van der Waals surface area contributed by atoms with E-state index in [4.69, 9.17) is 4.74 Å². The Hall–Kier alpha value is -3.89. The van der Waals surface area contributed by atoms with Crippen molar-refractivity contribution in [3.8, 4) is 5.75 Å². The van der Waals surface area contributed by atoms with Crippen molar-refractivity contribution in [2.45, 2.75) is 18.6 Å². The first kappa shape index (κ1) is 22.3. The summed E-state index contributed by atoms with van der Waals surface area (Å²) < 4.78 is 5.89. The predicted molar refractivity (Wildman–Crippen MR) is 130 cm³/mol. The van der Waals surface area contributed by atoms with Crippen LogP contribution in [0.4, 0.5) is 0 Å². The van der Waals surface area contributed by atoms with Gasteiger partial charge in [-0.25, -0.2) is 0 Å². The molecule has 4 heteroatoms. The van der Waals surface area contributed by atoms with Gasteiger partial charge in [-0.05, 0) is 40.5 Å². The van der Waals surface area contributed by atoms with E-state index in [1.54, 1.807) is 13.1 Å². The van der Waals surface area contributed by atoms with E-state index < -0.39 is 12.0 Å². The fourth-order valence-corrected chi connectivity index (χ4v) is 4.00. The highest BCUT2D eigenvalue weighted by atomic mass is 16.5. The van der Waals surface area contributed by atoms with Gasteiger partial charge in [0.05, 0.1) is 6.10 Å². The summed E-state index contributed by atoms with van der Waals surface area (Å²) in [6.07, 6.45) is -0.846. The topological polar surface area (TPSA) is 58.6 Å². The minimum absolute atomic E-state index is 0.177. The van der Waals surface area contributed by atoms with Gasteiger partial charge in [-0.15, -0.1) is 0 Å². The number of carbonyl (C=O) groups excluding carboxylic acids is 1. The van der Waals surface area contributed by atoms with Crippen molar-refractivity contribution in [2.75, 3.05) is 7.05 Å². The average Bonchev–Trinajstić information content (AvgIpc) is 2.89. The molecule has 4 nitrogen and oxygen atoms in total. The van der Waals surface area contributed by atoms with Gasteiger partial charge in [-0.3, -0.25) is 4.79 Å². The van der Waals surface area contributed by atoms with Crippen LogP contribution in [-0.2, 0) is 6.61 Å². The Morgan fingerprint density at radius 1 is 0.788 bits per heavy atom. The second-order valence-corrected chi connectivity index (χ2v) is 7.84. The summed E-state index contributed by atoms with van der Waals surface area (Å²) in [7, 11) is 1.61. The molecule has 4 rings (SSSR count). The molecule has 0 fully saturated rings. The van der Waals surface area contributed by atoms with Crippen molar-refractivity contribution < 1.29 is 14.6 Å². The van der Waals surface area contributed by atoms with Gasteiger partial charge < -0.3 is 15.2 Å². The number of aliphatic hydroxyl groups excluding tert-OH is 1. The molecule has 0 unspecified atom stereocenters. The quantitative estimate of drug-likeness (QED) is 0.383. The maximum atomic E-state index is 12.6. The maximum Gasteiger partial charge on any atom is 0.251 e. The highest BCUT2D eigenvalue weighted by Crippen LogP contribution is 2.38. The van der Waals surface area contributed by atoms with E-state index in [2.05, 4.69) is 5.32 Å². The van der Waals surface area contributed by atoms with Crippen molar-refractivity contribution in [3.63, 3.8) is 0 Å². The summed E-state index contributed by atoms with van der Waals surface area (Å²) in [5.41, 5.74) is 4.11. The molecule has 0 spiro atoms. The zero-order valence-electron chi connectivity index (χ0n) is 18.5. The number of amides is 1. The van der Waals surface area contributed by atoms with Gasteiger partial charge in [-0.1, -0.05) is 91.0 Å². The van der Waals surface area contributed by atoms with E-state index in [9.17, 15) is 9.90 Å². The number of hydrogen-bond acceptors (Lipinski definition) is 3. The third-order valence-electron chi connectivity index (χ3n) is 5.71. The van der Waals surface area contributed by atoms with Crippen LogP contribution in [0.2, 0.25) is 0 Å².